The van der Waals surface area contributed by atoms with Gasteiger partial charge in [0.15, 0.2) is 0 Å². The van der Waals surface area contributed by atoms with Gasteiger partial charge in [-0.25, -0.2) is 0 Å². The summed E-state index contributed by atoms with van der Waals surface area (Å²) in [5.41, 5.74) is 4.14. The van der Waals surface area contributed by atoms with E-state index in [0.717, 1.165) is 36.2 Å². The third-order valence-corrected chi connectivity index (χ3v) is 6.14. The number of hydrogen-bond donors (Lipinski definition) is 3. The molecule has 9 nitrogen and oxygen atoms in total. The lowest BCUT2D eigenvalue weighted by atomic mass is 9.90. The summed E-state index contributed by atoms with van der Waals surface area (Å²) in [5.74, 6) is -1.12. The Morgan fingerprint density at radius 3 is 2.59 bits per heavy atom. The molecule has 0 spiro atoms. The molecule has 4 rings (SSSR count). The lowest BCUT2D eigenvalue weighted by Crippen LogP contribution is -2.39. The van der Waals surface area contributed by atoms with Gasteiger partial charge in [-0.2, -0.15) is 5.10 Å². The van der Waals surface area contributed by atoms with Crippen molar-refractivity contribution >= 4 is 23.8 Å². The molecule has 34 heavy (non-hydrogen) atoms. The molecule has 1 amide bonds. The molecule has 2 aromatic carbocycles. The fraction of sp³-hybridized carbons (Fsp3) is 0.400. The fourth-order valence-electron chi connectivity index (χ4n) is 4.39. The second kappa shape index (κ2) is 11.2. The van der Waals surface area contributed by atoms with Gasteiger partial charge >= 0.3 is 5.97 Å². The Bertz CT molecular complexity index is 1030. The highest BCUT2D eigenvalue weighted by molar-refractivity contribution is 6.04. The van der Waals surface area contributed by atoms with Gasteiger partial charge in [0.1, 0.15) is 0 Å². The maximum Gasteiger partial charge on any atom is 0.317 e. The fourth-order valence-corrected chi connectivity index (χ4v) is 4.39. The Morgan fingerprint density at radius 2 is 1.88 bits per heavy atom. The van der Waals surface area contributed by atoms with Gasteiger partial charge in [-0.15, -0.1) is 0 Å². The molecule has 2 aliphatic rings. The van der Waals surface area contributed by atoms with Crippen LogP contribution in [-0.2, 0) is 16.0 Å². The van der Waals surface area contributed by atoms with Gasteiger partial charge in [0.2, 0.25) is 0 Å². The number of anilines is 1. The van der Waals surface area contributed by atoms with Gasteiger partial charge in [0.25, 0.3) is 5.91 Å². The Kier molecular flexibility index (Phi) is 7.89. The van der Waals surface area contributed by atoms with Gasteiger partial charge < -0.3 is 20.3 Å². The smallest absolute Gasteiger partial charge is 0.317 e. The van der Waals surface area contributed by atoms with Crippen LogP contribution in [0.15, 0.2) is 47.6 Å². The van der Waals surface area contributed by atoms with E-state index in [1.807, 2.05) is 40.2 Å². The number of carbonyl (C=O) groups is 2. The van der Waals surface area contributed by atoms with Crippen LogP contribution >= 0.6 is 0 Å². The zero-order valence-corrected chi connectivity index (χ0v) is 19.0. The number of carbonyl (C=O) groups excluding carboxylic acids is 1. The van der Waals surface area contributed by atoms with Crippen molar-refractivity contribution in [3.05, 3.63) is 64.7 Å². The van der Waals surface area contributed by atoms with E-state index in [1.54, 1.807) is 18.3 Å². The summed E-state index contributed by atoms with van der Waals surface area (Å²) >= 11 is 0. The number of carboxylic acids is 1. The molecule has 0 aliphatic carbocycles. The molecule has 1 atom stereocenters. The average Bonchev–Trinajstić information content (AvgIpc) is 2.85. The molecule has 1 saturated heterocycles. The number of nitrogens with one attached hydrogen (secondary N) is 1. The van der Waals surface area contributed by atoms with E-state index < -0.39 is 5.97 Å². The highest BCUT2D eigenvalue weighted by Gasteiger charge is 2.28. The number of amides is 1. The minimum absolute atomic E-state index is 0.0436. The number of ether oxygens (including phenoxy) is 1. The van der Waals surface area contributed by atoms with Crippen molar-refractivity contribution < 1.29 is 24.5 Å². The molecule has 3 N–H and O–H groups in total. The molecule has 0 radical (unpaired) electrons. The van der Waals surface area contributed by atoms with Gasteiger partial charge in [0.05, 0.1) is 39.1 Å². The quantitative estimate of drug-likeness (QED) is 0.510. The van der Waals surface area contributed by atoms with Crippen LogP contribution in [0.25, 0.3) is 0 Å². The Balaban J connectivity index is 1.43. The normalized spacial score (nSPS) is 18.6. The first kappa shape index (κ1) is 23.9. The molecule has 0 bridgehead atoms. The standard InChI is InChI=1S/C25H30N4O5/c30-12-8-23-22-15-21(6-5-19(22)7-9-28(23)17-24(31)32)27-25(33)20-3-1-18(2-4-20)16-26-29-10-13-34-14-11-29/h1-6,15-16,23,30H,7-14,17H2,(H,27,33)(H,31,32). The number of aliphatic carboxylic acids is 1. The summed E-state index contributed by atoms with van der Waals surface area (Å²) in [7, 11) is 0. The van der Waals surface area contributed by atoms with Crippen LogP contribution in [0.3, 0.4) is 0 Å². The SMILES string of the molecule is O=C(O)CN1CCc2ccc(NC(=O)c3ccc(C=NN4CCOCC4)cc3)cc2C1CCO. The maximum atomic E-state index is 12.8. The second-order valence-corrected chi connectivity index (χ2v) is 8.44. The number of morpholine rings is 1. The van der Waals surface area contributed by atoms with Crippen LogP contribution in [0.1, 0.15) is 39.5 Å². The zero-order chi connectivity index (χ0) is 23.9. The molecule has 2 heterocycles. The number of rotatable bonds is 8. The predicted octanol–water partition coefficient (Wildman–Crippen LogP) is 1.97. The predicted molar refractivity (Wildman–Crippen MR) is 128 cm³/mol. The minimum Gasteiger partial charge on any atom is -0.480 e. The van der Waals surface area contributed by atoms with E-state index in [0.29, 0.717) is 37.4 Å². The zero-order valence-electron chi connectivity index (χ0n) is 19.0. The first-order valence-corrected chi connectivity index (χ1v) is 11.5. The van der Waals surface area contributed by atoms with Crippen molar-refractivity contribution in [1.29, 1.82) is 0 Å². The highest BCUT2D eigenvalue weighted by atomic mass is 16.5. The number of aliphatic hydroxyl groups excluding tert-OH is 1. The molecule has 0 aromatic heterocycles. The second-order valence-electron chi connectivity index (χ2n) is 8.44. The van der Waals surface area contributed by atoms with Crippen molar-refractivity contribution in [2.75, 3.05) is 51.3 Å². The summed E-state index contributed by atoms with van der Waals surface area (Å²) in [5, 5.41) is 28.1. The van der Waals surface area contributed by atoms with E-state index in [-0.39, 0.29) is 25.1 Å². The molecule has 1 fully saturated rings. The third-order valence-electron chi connectivity index (χ3n) is 6.14. The molecule has 9 heteroatoms. The van der Waals surface area contributed by atoms with E-state index >= 15 is 0 Å². The summed E-state index contributed by atoms with van der Waals surface area (Å²) < 4.78 is 5.31. The molecule has 2 aliphatic heterocycles. The number of hydrazone groups is 1. The lowest BCUT2D eigenvalue weighted by molar-refractivity contribution is -0.139. The number of benzene rings is 2. The highest BCUT2D eigenvalue weighted by Crippen LogP contribution is 2.34. The van der Waals surface area contributed by atoms with Crippen LogP contribution in [0.5, 0.6) is 0 Å². The minimum atomic E-state index is -0.894. The first-order valence-electron chi connectivity index (χ1n) is 11.5. The molecular formula is C25H30N4O5. The van der Waals surface area contributed by atoms with Crippen molar-refractivity contribution in [3.8, 4) is 0 Å². The van der Waals surface area contributed by atoms with Crippen LogP contribution in [-0.4, -0.2) is 84.2 Å². The van der Waals surface area contributed by atoms with Crippen LogP contribution < -0.4 is 5.32 Å². The van der Waals surface area contributed by atoms with Gasteiger partial charge in [-0.3, -0.25) is 19.5 Å². The first-order chi connectivity index (χ1) is 16.5. The van der Waals surface area contributed by atoms with Crippen LogP contribution in [0.2, 0.25) is 0 Å². The lowest BCUT2D eigenvalue weighted by Gasteiger charge is -2.36. The van der Waals surface area contributed by atoms with Gasteiger partial charge in [-0.1, -0.05) is 18.2 Å². The Hall–Kier alpha value is -3.27. The van der Waals surface area contributed by atoms with Gasteiger partial charge in [0, 0.05) is 30.4 Å². The summed E-state index contributed by atoms with van der Waals surface area (Å²) in [6.07, 6.45) is 2.94. The molecular weight excluding hydrogens is 436 g/mol. The monoisotopic (exact) mass is 466 g/mol. The van der Waals surface area contributed by atoms with E-state index in [4.69, 9.17) is 4.74 Å². The largest absolute Gasteiger partial charge is 0.480 e. The van der Waals surface area contributed by atoms with Crippen molar-refractivity contribution in [3.63, 3.8) is 0 Å². The van der Waals surface area contributed by atoms with Crippen molar-refractivity contribution in [2.24, 2.45) is 5.10 Å². The average molecular weight is 467 g/mol. The van der Waals surface area contributed by atoms with E-state index in [9.17, 15) is 19.8 Å². The topological polar surface area (TPSA) is 115 Å². The molecule has 0 saturated carbocycles. The molecule has 2 aromatic rings. The van der Waals surface area contributed by atoms with E-state index in [2.05, 4.69) is 10.4 Å². The summed E-state index contributed by atoms with van der Waals surface area (Å²) in [6, 6.07) is 12.8. The summed E-state index contributed by atoms with van der Waals surface area (Å²) in [6.45, 7) is 3.39. The number of carboxylic acid groups (broad SMARTS) is 1. The third kappa shape index (κ3) is 5.99. The van der Waals surface area contributed by atoms with Gasteiger partial charge in [-0.05, 0) is 53.8 Å². The number of hydrogen-bond acceptors (Lipinski definition) is 7. The Morgan fingerprint density at radius 1 is 1.12 bits per heavy atom. The number of nitrogens with zero attached hydrogens (tertiary/aromatic N) is 3. The number of fused-ring (bicyclic) bond motifs is 1. The maximum absolute atomic E-state index is 12.8. The molecule has 180 valence electrons. The summed E-state index contributed by atoms with van der Waals surface area (Å²) in [4.78, 5) is 26.0. The van der Waals surface area contributed by atoms with E-state index in [1.165, 1.54) is 0 Å². The Labute approximate surface area is 198 Å². The number of aliphatic hydroxyl groups is 1. The molecule has 1 unspecified atom stereocenters. The van der Waals surface area contributed by atoms with Crippen molar-refractivity contribution in [2.45, 2.75) is 18.9 Å². The van der Waals surface area contributed by atoms with Crippen LogP contribution in [0.4, 0.5) is 5.69 Å². The van der Waals surface area contributed by atoms with Crippen LogP contribution in [0, 0.1) is 0 Å². The van der Waals surface area contributed by atoms with Crippen molar-refractivity contribution in [1.82, 2.24) is 9.91 Å².